The lowest BCUT2D eigenvalue weighted by molar-refractivity contribution is -0.274. The van der Waals surface area contributed by atoms with E-state index in [0.717, 1.165) is 0 Å². The first kappa shape index (κ1) is 18.7. The Hall–Kier alpha value is -3.60. The lowest BCUT2D eigenvalue weighted by atomic mass is 10.3. The number of aromatic nitrogens is 4. The van der Waals surface area contributed by atoms with Gasteiger partial charge in [0.15, 0.2) is 11.6 Å². The molecular weight excluding hydrogens is 413 g/mol. The predicted molar refractivity (Wildman–Crippen MR) is 98.5 cm³/mol. The Balaban J connectivity index is 1.68. The van der Waals surface area contributed by atoms with Crippen LogP contribution in [0.5, 0.6) is 5.75 Å². The number of rotatable bonds is 5. The number of hydrogen-bond acceptors (Lipinski definition) is 8. The van der Waals surface area contributed by atoms with Crippen molar-refractivity contribution in [2.24, 2.45) is 0 Å². The first-order chi connectivity index (χ1) is 13.9. The molecule has 0 aliphatic rings. The maximum Gasteiger partial charge on any atom is 0.573 e. The van der Waals surface area contributed by atoms with Gasteiger partial charge in [0.05, 0.1) is 0 Å². The SMILES string of the molecule is FC(F)(F)Oc1cccc(Nc2nc3nonc3nc2Nc2cccc(Cl)c2)c1. The van der Waals surface area contributed by atoms with Gasteiger partial charge in [-0.2, -0.15) is 0 Å². The molecule has 0 saturated heterocycles. The second kappa shape index (κ2) is 7.43. The van der Waals surface area contributed by atoms with Crippen molar-refractivity contribution in [3.05, 3.63) is 53.6 Å². The summed E-state index contributed by atoms with van der Waals surface area (Å²) in [5.74, 6) is 0.0268. The van der Waals surface area contributed by atoms with Crippen LogP contribution in [0.2, 0.25) is 5.02 Å². The first-order valence-corrected chi connectivity index (χ1v) is 8.39. The molecule has 8 nitrogen and oxygen atoms in total. The van der Waals surface area contributed by atoms with Crippen LogP contribution in [-0.2, 0) is 0 Å². The summed E-state index contributed by atoms with van der Waals surface area (Å²) in [6.45, 7) is 0. The van der Waals surface area contributed by atoms with Crippen molar-refractivity contribution in [2.45, 2.75) is 6.36 Å². The highest BCUT2D eigenvalue weighted by Crippen LogP contribution is 2.30. The fourth-order valence-electron chi connectivity index (χ4n) is 2.42. The number of nitrogens with one attached hydrogen (secondary N) is 2. The van der Waals surface area contributed by atoms with Crippen LogP contribution in [0.25, 0.3) is 11.3 Å². The zero-order valence-corrected chi connectivity index (χ0v) is 15.0. The molecule has 0 atom stereocenters. The summed E-state index contributed by atoms with van der Waals surface area (Å²) in [5.41, 5.74) is 1.16. The molecule has 4 rings (SSSR count). The van der Waals surface area contributed by atoms with Crippen molar-refractivity contribution in [3.63, 3.8) is 0 Å². The molecule has 0 bridgehead atoms. The van der Waals surface area contributed by atoms with E-state index in [2.05, 4.69) is 40.3 Å². The van der Waals surface area contributed by atoms with Gasteiger partial charge in [0, 0.05) is 22.5 Å². The molecule has 0 spiro atoms. The zero-order chi connectivity index (χ0) is 20.4. The average Bonchev–Trinajstić information content (AvgIpc) is 3.08. The quantitative estimate of drug-likeness (QED) is 0.461. The number of fused-ring (bicyclic) bond motifs is 1. The van der Waals surface area contributed by atoms with E-state index in [4.69, 9.17) is 11.6 Å². The molecule has 12 heteroatoms. The third-order valence-corrected chi connectivity index (χ3v) is 3.77. The standard InChI is InChI=1S/C17H10ClF3N6O2/c18-9-3-1-4-10(7-9)22-13-14(25-16-15(24-13)26-29-27-16)23-11-5-2-6-12(8-11)28-17(19,20)21/h1-8H,(H,22,24,26)(H,23,25,27). The Morgan fingerprint density at radius 1 is 0.862 bits per heavy atom. The van der Waals surface area contributed by atoms with E-state index in [1.165, 1.54) is 18.2 Å². The Bertz CT molecular complexity index is 1170. The van der Waals surface area contributed by atoms with Crippen LogP contribution >= 0.6 is 11.6 Å². The van der Waals surface area contributed by atoms with Gasteiger partial charge in [0.2, 0.25) is 11.3 Å². The number of nitrogens with zero attached hydrogens (tertiary/aromatic N) is 4. The minimum absolute atomic E-state index is 0.117. The van der Waals surface area contributed by atoms with E-state index in [-0.39, 0.29) is 34.4 Å². The number of hydrogen-bond donors (Lipinski definition) is 2. The number of alkyl halides is 3. The third-order valence-electron chi connectivity index (χ3n) is 3.53. The highest BCUT2D eigenvalue weighted by molar-refractivity contribution is 6.30. The van der Waals surface area contributed by atoms with Crippen molar-refractivity contribution in [3.8, 4) is 5.75 Å². The van der Waals surface area contributed by atoms with E-state index in [0.29, 0.717) is 10.7 Å². The van der Waals surface area contributed by atoms with Gasteiger partial charge in [-0.1, -0.05) is 23.7 Å². The molecule has 29 heavy (non-hydrogen) atoms. The van der Waals surface area contributed by atoms with Crippen LogP contribution < -0.4 is 15.4 Å². The smallest absolute Gasteiger partial charge is 0.406 e. The molecule has 0 aliphatic carbocycles. The Morgan fingerprint density at radius 3 is 2.03 bits per heavy atom. The maximum absolute atomic E-state index is 12.5. The molecule has 2 heterocycles. The van der Waals surface area contributed by atoms with E-state index in [9.17, 15) is 13.2 Å². The molecule has 0 aliphatic heterocycles. The van der Waals surface area contributed by atoms with Gasteiger partial charge in [-0.3, -0.25) is 0 Å². The fourth-order valence-corrected chi connectivity index (χ4v) is 2.61. The van der Waals surface area contributed by atoms with Crippen LogP contribution in [0.4, 0.5) is 36.2 Å². The summed E-state index contributed by atoms with van der Waals surface area (Å²) < 4.78 is 46.0. The van der Waals surface area contributed by atoms with Crippen LogP contribution in [0.3, 0.4) is 0 Å². The maximum atomic E-state index is 12.5. The van der Waals surface area contributed by atoms with Gasteiger partial charge in [-0.25, -0.2) is 14.6 Å². The summed E-state index contributed by atoms with van der Waals surface area (Å²) in [6.07, 6.45) is -4.80. The van der Waals surface area contributed by atoms with Crippen LogP contribution in [0.15, 0.2) is 53.2 Å². The fraction of sp³-hybridized carbons (Fsp3) is 0.0588. The van der Waals surface area contributed by atoms with E-state index in [1.54, 1.807) is 30.3 Å². The predicted octanol–water partition coefficient (Wildman–Crippen LogP) is 5.05. The van der Waals surface area contributed by atoms with Crippen molar-refractivity contribution < 1.29 is 22.5 Å². The summed E-state index contributed by atoms with van der Waals surface area (Å²) in [5, 5.41) is 13.7. The van der Waals surface area contributed by atoms with E-state index >= 15 is 0 Å². The van der Waals surface area contributed by atoms with Gasteiger partial charge in [-0.05, 0) is 40.6 Å². The van der Waals surface area contributed by atoms with E-state index in [1.807, 2.05) is 0 Å². The van der Waals surface area contributed by atoms with Gasteiger partial charge in [0.25, 0.3) is 0 Å². The van der Waals surface area contributed by atoms with Crippen molar-refractivity contribution in [1.29, 1.82) is 0 Å². The minimum atomic E-state index is -4.80. The normalized spacial score (nSPS) is 11.4. The van der Waals surface area contributed by atoms with Crippen LogP contribution in [-0.4, -0.2) is 26.6 Å². The Morgan fingerprint density at radius 2 is 1.45 bits per heavy atom. The highest BCUT2D eigenvalue weighted by Gasteiger charge is 2.31. The molecule has 2 N–H and O–H groups in total. The zero-order valence-electron chi connectivity index (χ0n) is 14.2. The van der Waals surface area contributed by atoms with Crippen molar-refractivity contribution in [1.82, 2.24) is 20.3 Å². The van der Waals surface area contributed by atoms with Gasteiger partial charge >= 0.3 is 6.36 Å². The third kappa shape index (κ3) is 4.63. The Labute approximate surface area is 165 Å². The first-order valence-electron chi connectivity index (χ1n) is 8.01. The largest absolute Gasteiger partial charge is 0.573 e. The summed E-state index contributed by atoms with van der Waals surface area (Å²) in [7, 11) is 0. The lowest BCUT2D eigenvalue weighted by Gasteiger charge is -2.13. The molecule has 0 fully saturated rings. The number of ether oxygens (including phenoxy) is 1. The second-order valence-electron chi connectivity index (χ2n) is 5.67. The second-order valence-corrected chi connectivity index (χ2v) is 6.10. The molecular formula is C17H10ClF3N6O2. The minimum Gasteiger partial charge on any atom is -0.406 e. The summed E-state index contributed by atoms with van der Waals surface area (Å²) in [6, 6.07) is 12.1. The topological polar surface area (TPSA) is 98.0 Å². The number of halogens is 4. The molecule has 0 unspecified atom stereocenters. The number of benzene rings is 2. The highest BCUT2D eigenvalue weighted by atomic mass is 35.5. The molecule has 148 valence electrons. The van der Waals surface area contributed by atoms with Gasteiger partial charge in [0.1, 0.15) is 5.75 Å². The lowest BCUT2D eigenvalue weighted by Crippen LogP contribution is -2.17. The van der Waals surface area contributed by atoms with Crippen molar-refractivity contribution >= 4 is 45.9 Å². The van der Waals surface area contributed by atoms with E-state index < -0.39 is 6.36 Å². The molecule has 4 aromatic rings. The van der Waals surface area contributed by atoms with Gasteiger partial charge in [-0.15, -0.1) is 13.2 Å². The van der Waals surface area contributed by atoms with Gasteiger partial charge < -0.3 is 15.4 Å². The van der Waals surface area contributed by atoms with Crippen LogP contribution in [0, 0.1) is 0 Å². The molecule has 0 saturated carbocycles. The van der Waals surface area contributed by atoms with Crippen molar-refractivity contribution in [2.75, 3.05) is 10.6 Å². The molecule has 2 aromatic heterocycles. The average molecular weight is 423 g/mol. The summed E-state index contributed by atoms with van der Waals surface area (Å²) in [4.78, 5) is 8.53. The molecule has 0 radical (unpaired) electrons. The van der Waals surface area contributed by atoms with Crippen LogP contribution in [0.1, 0.15) is 0 Å². The molecule has 2 aromatic carbocycles. The Kier molecular flexibility index (Phi) is 4.80. The summed E-state index contributed by atoms with van der Waals surface area (Å²) >= 11 is 5.99. The molecule has 0 amide bonds. The monoisotopic (exact) mass is 422 g/mol. The number of anilines is 4.